The van der Waals surface area contributed by atoms with Gasteiger partial charge in [-0.1, -0.05) is 12.1 Å². The standard InChI is InChI=1S/C22H25N5O/c1-4-27(5-2)20-11-9-18(10-12-20)26-22-23-14-17(15-24-22)21(28)25-19-8-6-7-16(3)13-19/h6-15H,4-5H2,1-3H3,(H,25,28)(H,23,24,26). The second-order valence-corrected chi connectivity index (χ2v) is 6.46. The first-order chi connectivity index (χ1) is 13.6. The van der Waals surface area contributed by atoms with Crippen LogP contribution in [0.3, 0.4) is 0 Å². The summed E-state index contributed by atoms with van der Waals surface area (Å²) >= 11 is 0. The minimum Gasteiger partial charge on any atom is -0.372 e. The van der Waals surface area contributed by atoms with Gasteiger partial charge in [-0.25, -0.2) is 9.97 Å². The van der Waals surface area contributed by atoms with Crippen molar-refractivity contribution in [3.8, 4) is 0 Å². The van der Waals surface area contributed by atoms with E-state index in [1.807, 2.05) is 43.3 Å². The summed E-state index contributed by atoms with van der Waals surface area (Å²) in [5.74, 6) is 0.212. The summed E-state index contributed by atoms with van der Waals surface area (Å²) in [6.07, 6.45) is 3.04. The average Bonchev–Trinajstić information content (AvgIpc) is 2.71. The number of nitrogens with one attached hydrogen (secondary N) is 2. The average molecular weight is 375 g/mol. The fourth-order valence-electron chi connectivity index (χ4n) is 2.91. The second-order valence-electron chi connectivity index (χ2n) is 6.46. The summed E-state index contributed by atoms with van der Waals surface area (Å²) in [4.78, 5) is 23.1. The van der Waals surface area contributed by atoms with E-state index >= 15 is 0 Å². The molecule has 1 heterocycles. The van der Waals surface area contributed by atoms with E-state index in [-0.39, 0.29) is 5.91 Å². The molecule has 0 atom stereocenters. The van der Waals surface area contributed by atoms with E-state index in [0.29, 0.717) is 11.5 Å². The lowest BCUT2D eigenvalue weighted by atomic mass is 10.2. The van der Waals surface area contributed by atoms with Gasteiger partial charge in [0.25, 0.3) is 5.91 Å². The third kappa shape index (κ3) is 4.85. The lowest BCUT2D eigenvalue weighted by Gasteiger charge is -2.21. The van der Waals surface area contributed by atoms with Crippen molar-refractivity contribution in [3.63, 3.8) is 0 Å². The van der Waals surface area contributed by atoms with Crippen molar-refractivity contribution >= 4 is 28.9 Å². The molecule has 6 nitrogen and oxygen atoms in total. The molecule has 1 amide bonds. The lowest BCUT2D eigenvalue weighted by molar-refractivity contribution is 0.102. The van der Waals surface area contributed by atoms with Crippen molar-refractivity contribution in [3.05, 3.63) is 72.1 Å². The minimum atomic E-state index is -0.235. The molecule has 6 heteroatoms. The molecule has 1 aromatic heterocycles. The van der Waals surface area contributed by atoms with Crippen LogP contribution in [0.1, 0.15) is 29.8 Å². The fourth-order valence-corrected chi connectivity index (χ4v) is 2.91. The number of carbonyl (C=O) groups is 1. The van der Waals surface area contributed by atoms with Crippen LogP contribution in [-0.2, 0) is 0 Å². The minimum absolute atomic E-state index is 0.235. The van der Waals surface area contributed by atoms with Crippen LogP contribution in [0.2, 0.25) is 0 Å². The molecule has 0 fully saturated rings. The molecular formula is C22H25N5O. The summed E-state index contributed by atoms with van der Waals surface area (Å²) in [6, 6.07) is 15.8. The number of nitrogens with zero attached hydrogens (tertiary/aromatic N) is 3. The number of anilines is 4. The van der Waals surface area contributed by atoms with Crippen molar-refractivity contribution in [2.45, 2.75) is 20.8 Å². The summed E-state index contributed by atoms with van der Waals surface area (Å²) < 4.78 is 0. The molecule has 0 saturated heterocycles. The molecule has 0 unspecified atom stereocenters. The van der Waals surface area contributed by atoms with Crippen molar-refractivity contribution in [2.24, 2.45) is 0 Å². The highest BCUT2D eigenvalue weighted by atomic mass is 16.1. The summed E-state index contributed by atoms with van der Waals surface area (Å²) in [5, 5.41) is 6.01. The van der Waals surface area contributed by atoms with E-state index in [9.17, 15) is 4.79 Å². The molecule has 0 aliphatic rings. The highest BCUT2D eigenvalue weighted by molar-refractivity contribution is 6.03. The van der Waals surface area contributed by atoms with Gasteiger partial charge in [0.15, 0.2) is 0 Å². The number of aryl methyl sites for hydroxylation is 1. The van der Waals surface area contributed by atoms with Crippen LogP contribution in [0, 0.1) is 6.92 Å². The van der Waals surface area contributed by atoms with Crippen LogP contribution in [0.15, 0.2) is 60.9 Å². The Morgan fingerprint density at radius 2 is 1.64 bits per heavy atom. The zero-order valence-electron chi connectivity index (χ0n) is 16.4. The summed E-state index contributed by atoms with van der Waals surface area (Å²) in [6.45, 7) is 8.20. The molecule has 3 aromatic rings. The zero-order chi connectivity index (χ0) is 19.9. The van der Waals surface area contributed by atoms with Crippen LogP contribution in [0.5, 0.6) is 0 Å². The summed E-state index contributed by atoms with van der Waals surface area (Å²) in [7, 11) is 0. The normalized spacial score (nSPS) is 10.4. The quantitative estimate of drug-likeness (QED) is 0.630. The van der Waals surface area contributed by atoms with Crippen LogP contribution >= 0.6 is 0 Å². The predicted octanol–water partition coefficient (Wildman–Crippen LogP) is 4.63. The van der Waals surface area contributed by atoms with Gasteiger partial charge >= 0.3 is 0 Å². The lowest BCUT2D eigenvalue weighted by Crippen LogP contribution is -2.21. The van der Waals surface area contributed by atoms with Crippen molar-refractivity contribution in [1.29, 1.82) is 0 Å². The van der Waals surface area contributed by atoms with Gasteiger partial charge in [-0.2, -0.15) is 0 Å². The van der Waals surface area contributed by atoms with Gasteiger partial charge in [0.1, 0.15) is 0 Å². The number of aromatic nitrogens is 2. The van der Waals surface area contributed by atoms with Crippen LogP contribution < -0.4 is 15.5 Å². The molecule has 0 aliphatic heterocycles. The van der Waals surface area contributed by atoms with E-state index in [0.717, 1.165) is 30.0 Å². The molecule has 144 valence electrons. The van der Waals surface area contributed by atoms with Gasteiger partial charge in [-0.15, -0.1) is 0 Å². The first-order valence-electron chi connectivity index (χ1n) is 9.41. The van der Waals surface area contributed by atoms with Crippen LogP contribution in [-0.4, -0.2) is 29.0 Å². The number of hydrogen-bond acceptors (Lipinski definition) is 5. The van der Waals surface area contributed by atoms with Crippen LogP contribution in [0.4, 0.5) is 23.0 Å². The number of benzene rings is 2. The Labute approximate surface area is 165 Å². The maximum atomic E-state index is 12.3. The largest absolute Gasteiger partial charge is 0.372 e. The molecule has 0 bridgehead atoms. The number of amides is 1. The Morgan fingerprint density at radius 3 is 2.25 bits per heavy atom. The first kappa shape index (κ1) is 19.4. The van der Waals surface area contributed by atoms with Crippen LogP contribution in [0.25, 0.3) is 0 Å². The highest BCUT2D eigenvalue weighted by Crippen LogP contribution is 2.19. The van der Waals surface area contributed by atoms with Gasteiger partial charge in [0.05, 0.1) is 5.56 Å². The van der Waals surface area contributed by atoms with Gasteiger partial charge in [-0.3, -0.25) is 4.79 Å². The molecule has 0 spiro atoms. The Hall–Kier alpha value is -3.41. The van der Waals surface area contributed by atoms with E-state index in [4.69, 9.17) is 0 Å². The SMILES string of the molecule is CCN(CC)c1ccc(Nc2ncc(C(=O)Nc3cccc(C)c3)cn2)cc1. The van der Waals surface area contributed by atoms with Gasteiger partial charge in [0, 0.05) is 42.5 Å². The third-order valence-electron chi connectivity index (χ3n) is 4.44. The molecule has 0 radical (unpaired) electrons. The third-order valence-corrected chi connectivity index (χ3v) is 4.44. The molecule has 28 heavy (non-hydrogen) atoms. The number of hydrogen-bond donors (Lipinski definition) is 2. The number of carbonyl (C=O) groups excluding carboxylic acids is 1. The summed E-state index contributed by atoms with van der Waals surface area (Å²) in [5.41, 5.74) is 4.32. The first-order valence-corrected chi connectivity index (χ1v) is 9.41. The Balaban J connectivity index is 1.63. The van der Waals surface area contributed by atoms with E-state index in [1.165, 1.54) is 18.1 Å². The molecule has 2 aromatic carbocycles. The number of rotatable bonds is 7. The Bertz CT molecular complexity index is 918. The van der Waals surface area contributed by atoms with Crippen molar-refractivity contribution in [1.82, 2.24) is 9.97 Å². The van der Waals surface area contributed by atoms with Crippen molar-refractivity contribution in [2.75, 3.05) is 28.6 Å². The zero-order valence-corrected chi connectivity index (χ0v) is 16.4. The van der Waals surface area contributed by atoms with Gasteiger partial charge < -0.3 is 15.5 Å². The van der Waals surface area contributed by atoms with Gasteiger partial charge in [0.2, 0.25) is 5.95 Å². The predicted molar refractivity (Wildman–Crippen MR) is 114 cm³/mol. The van der Waals surface area contributed by atoms with E-state index in [2.05, 4.69) is 51.5 Å². The van der Waals surface area contributed by atoms with Gasteiger partial charge in [-0.05, 0) is 62.7 Å². The topological polar surface area (TPSA) is 70.2 Å². The maximum Gasteiger partial charge on any atom is 0.258 e. The Morgan fingerprint density at radius 1 is 0.964 bits per heavy atom. The maximum absolute atomic E-state index is 12.3. The highest BCUT2D eigenvalue weighted by Gasteiger charge is 2.08. The monoisotopic (exact) mass is 375 g/mol. The fraction of sp³-hybridized carbons (Fsp3) is 0.227. The smallest absolute Gasteiger partial charge is 0.258 e. The molecule has 3 rings (SSSR count). The molecule has 0 saturated carbocycles. The van der Waals surface area contributed by atoms with E-state index in [1.54, 1.807) is 0 Å². The molecular weight excluding hydrogens is 350 g/mol. The molecule has 2 N–H and O–H groups in total. The van der Waals surface area contributed by atoms with Crippen molar-refractivity contribution < 1.29 is 4.79 Å². The molecule has 0 aliphatic carbocycles. The second kappa shape index (κ2) is 8.99. The van der Waals surface area contributed by atoms with E-state index < -0.39 is 0 Å². The Kier molecular flexibility index (Phi) is 6.22.